The number of ketones is 1. The van der Waals surface area contributed by atoms with Crippen molar-refractivity contribution in [2.45, 2.75) is 19.5 Å². The third-order valence-electron chi connectivity index (χ3n) is 5.32. The molecule has 4 heterocycles. The molecule has 7 heteroatoms. The molecule has 0 saturated carbocycles. The number of H-pyrrole nitrogens is 1. The van der Waals surface area contributed by atoms with E-state index in [0.717, 1.165) is 10.9 Å². The Kier molecular flexibility index (Phi) is 4.10. The first kappa shape index (κ1) is 18.1. The molecule has 4 aromatic rings. The number of rotatable bonds is 4. The second-order valence-electron chi connectivity index (χ2n) is 7.20. The van der Waals surface area contributed by atoms with Crippen molar-refractivity contribution in [1.29, 1.82) is 0 Å². The molecule has 5 rings (SSSR count). The standard InChI is InChI=1S/C23H18N2O5/c1-13-8-9-18(30-13)20-19(21(26)16-11-24-17-7-3-2-6-15(16)17)22(27)23(28)25(20)12-14-5-4-10-29-14/h2-11,20,24,26H,12H2,1H3/b21-19-. The van der Waals surface area contributed by atoms with Gasteiger partial charge in [-0.15, -0.1) is 0 Å². The summed E-state index contributed by atoms with van der Waals surface area (Å²) in [4.78, 5) is 30.4. The largest absolute Gasteiger partial charge is 0.507 e. The fourth-order valence-electron chi connectivity index (χ4n) is 3.92. The number of aliphatic hydroxyl groups excluding tert-OH is 1. The number of carbonyl (C=O) groups is 2. The molecule has 1 amide bonds. The number of benzene rings is 1. The zero-order chi connectivity index (χ0) is 20.8. The number of aliphatic hydroxyl groups is 1. The molecule has 0 aliphatic carbocycles. The first-order chi connectivity index (χ1) is 14.5. The predicted molar refractivity (Wildman–Crippen MR) is 108 cm³/mol. The summed E-state index contributed by atoms with van der Waals surface area (Å²) in [7, 11) is 0. The van der Waals surface area contributed by atoms with E-state index in [-0.39, 0.29) is 17.9 Å². The topological polar surface area (TPSA) is 99.7 Å². The van der Waals surface area contributed by atoms with E-state index < -0.39 is 17.7 Å². The monoisotopic (exact) mass is 402 g/mol. The summed E-state index contributed by atoms with van der Waals surface area (Å²) in [6.07, 6.45) is 3.13. The molecule has 7 nitrogen and oxygen atoms in total. The number of likely N-dealkylation sites (tertiary alicyclic amines) is 1. The first-order valence-corrected chi connectivity index (χ1v) is 9.48. The number of amides is 1. The van der Waals surface area contributed by atoms with Gasteiger partial charge in [-0.3, -0.25) is 9.59 Å². The molecule has 1 aromatic carbocycles. The van der Waals surface area contributed by atoms with Crippen molar-refractivity contribution in [1.82, 2.24) is 9.88 Å². The summed E-state index contributed by atoms with van der Waals surface area (Å²) in [6, 6.07) is 13.5. The van der Waals surface area contributed by atoms with Gasteiger partial charge in [0.2, 0.25) is 0 Å². The molecule has 2 N–H and O–H groups in total. The number of fused-ring (bicyclic) bond motifs is 1. The van der Waals surface area contributed by atoms with Crippen LogP contribution < -0.4 is 0 Å². The minimum atomic E-state index is -0.863. The maximum Gasteiger partial charge on any atom is 0.296 e. The number of para-hydroxylation sites is 1. The molecule has 1 saturated heterocycles. The van der Waals surface area contributed by atoms with Gasteiger partial charge >= 0.3 is 0 Å². The molecule has 0 bridgehead atoms. The van der Waals surface area contributed by atoms with E-state index in [1.54, 1.807) is 37.4 Å². The number of aryl methyl sites for hydroxylation is 1. The molecule has 0 radical (unpaired) electrons. The van der Waals surface area contributed by atoms with Gasteiger partial charge in [-0.05, 0) is 37.3 Å². The van der Waals surface area contributed by atoms with Gasteiger partial charge in [-0.1, -0.05) is 18.2 Å². The molecule has 150 valence electrons. The minimum absolute atomic E-state index is 0.00865. The number of aromatic amines is 1. The molecule has 30 heavy (non-hydrogen) atoms. The first-order valence-electron chi connectivity index (χ1n) is 9.48. The van der Waals surface area contributed by atoms with Crippen molar-refractivity contribution >= 4 is 28.4 Å². The third kappa shape index (κ3) is 2.75. The maximum absolute atomic E-state index is 13.0. The van der Waals surface area contributed by atoms with Crippen LogP contribution in [0.3, 0.4) is 0 Å². The van der Waals surface area contributed by atoms with Gasteiger partial charge in [0.05, 0.1) is 18.4 Å². The Morgan fingerprint density at radius 2 is 1.97 bits per heavy atom. The van der Waals surface area contributed by atoms with Crippen LogP contribution in [0.5, 0.6) is 0 Å². The van der Waals surface area contributed by atoms with Crippen LogP contribution in [0.15, 0.2) is 75.4 Å². The number of Topliss-reactive ketones (excluding diaryl/α,β-unsaturated/α-hetero) is 1. The third-order valence-corrected chi connectivity index (χ3v) is 5.32. The van der Waals surface area contributed by atoms with Crippen LogP contribution >= 0.6 is 0 Å². The summed E-state index contributed by atoms with van der Waals surface area (Å²) in [5.41, 5.74) is 1.26. The highest BCUT2D eigenvalue weighted by Crippen LogP contribution is 2.41. The van der Waals surface area contributed by atoms with Gasteiger partial charge in [-0.2, -0.15) is 0 Å². The van der Waals surface area contributed by atoms with E-state index in [1.807, 2.05) is 24.3 Å². The lowest BCUT2D eigenvalue weighted by Gasteiger charge is -2.22. The maximum atomic E-state index is 13.0. The second-order valence-corrected chi connectivity index (χ2v) is 7.20. The number of hydrogen-bond acceptors (Lipinski definition) is 5. The highest BCUT2D eigenvalue weighted by atomic mass is 16.3. The number of carbonyl (C=O) groups excluding carboxylic acids is 2. The van der Waals surface area contributed by atoms with Crippen molar-refractivity contribution in [3.63, 3.8) is 0 Å². The Balaban J connectivity index is 1.69. The lowest BCUT2D eigenvalue weighted by atomic mass is 9.99. The van der Waals surface area contributed by atoms with Gasteiger partial charge in [0.1, 0.15) is 29.1 Å². The van der Waals surface area contributed by atoms with Gasteiger partial charge in [0, 0.05) is 22.7 Å². The smallest absolute Gasteiger partial charge is 0.296 e. The van der Waals surface area contributed by atoms with E-state index in [4.69, 9.17) is 8.83 Å². The van der Waals surface area contributed by atoms with Crippen LogP contribution in [0, 0.1) is 6.92 Å². The number of nitrogens with zero attached hydrogens (tertiary/aromatic N) is 1. The zero-order valence-electron chi connectivity index (χ0n) is 16.1. The van der Waals surface area contributed by atoms with Crippen molar-refractivity contribution < 1.29 is 23.5 Å². The lowest BCUT2D eigenvalue weighted by molar-refractivity contribution is -0.140. The highest BCUT2D eigenvalue weighted by Gasteiger charge is 2.48. The minimum Gasteiger partial charge on any atom is -0.507 e. The predicted octanol–water partition coefficient (Wildman–Crippen LogP) is 4.28. The van der Waals surface area contributed by atoms with E-state index in [1.165, 1.54) is 11.2 Å². The van der Waals surface area contributed by atoms with Gasteiger partial charge < -0.3 is 23.8 Å². The molecular formula is C23H18N2O5. The summed E-state index contributed by atoms with van der Waals surface area (Å²) in [5.74, 6) is -0.153. The highest BCUT2D eigenvalue weighted by molar-refractivity contribution is 6.46. The number of nitrogens with one attached hydrogen (secondary N) is 1. The Morgan fingerprint density at radius 1 is 1.13 bits per heavy atom. The van der Waals surface area contributed by atoms with Gasteiger partial charge in [0.25, 0.3) is 11.7 Å². The van der Waals surface area contributed by atoms with E-state index in [9.17, 15) is 14.7 Å². The van der Waals surface area contributed by atoms with Crippen LogP contribution in [-0.2, 0) is 16.1 Å². The summed E-state index contributed by atoms with van der Waals surface area (Å²) in [6.45, 7) is 1.86. The molecule has 1 aliphatic heterocycles. The van der Waals surface area contributed by atoms with E-state index >= 15 is 0 Å². The van der Waals surface area contributed by atoms with Crippen molar-refractivity contribution in [3.05, 3.63) is 89.4 Å². The van der Waals surface area contributed by atoms with Crippen LogP contribution in [0.2, 0.25) is 0 Å². The van der Waals surface area contributed by atoms with Crippen molar-refractivity contribution in [3.8, 4) is 0 Å². The molecule has 1 fully saturated rings. The molecule has 0 spiro atoms. The van der Waals surface area contributed by atoms with Crippen LogP contribution in [0.1, 0.15) is 28.9 Å². The van der Waals surface area contributed by atoms with Crippen molar-refractivity contribution in [2.24, 2.45) is 0 Å². The average molecular weight is 402 g/mol. The molecule has 3 aromatic heterocycles. The summed E-state index contributed by atoms with van der Waals surface area (Å²) in [5, 5.41) is 11.9. The fourth-order valence-corrected chi connectivity index (χ4v) is 3.92. The zero-order valence-corrected chi connectivity index (χ0v) is 16.1. The number of furan rings is 2. The second kappa shape index (κ2) is 6.81. The fraction of sp³-hybridized carbons (Fsp3) is 0.130. The quantitative estimate of drug-likeness (QED) is 0.301. The molecule has 1 atom stereocenters. The number of hydrogen-bond donors (Lipinski definition) is 2. The Morgan fingerprint density at radius 3 is 2.70 bits per heavy atom. The Labute approximate surface area is 171 Å². The van der Waals surface area contributed by atoms with Gasteiger partial charge in [0.15, 0.2) is 0 Å². The summed E-state index contributed by atoms with van der Waals surface area (Å²) < 4.78 is 11.1. The normalized spacial score (nSPS) is 18.6. The van der Waals surface area contributed by atoms with Crippen molar-refractivity contribution in [2.75, 3.05) is 0 Å². The summed E-state index contributed by atoms with van der Waals surface area (Å²) >= 11 is 0. The number of aromatic nitrogens is 1. The van der Waals surface area contributed by atoms with Crippen LogP contribution in [0.25, 0.3) is 16.7 Å². The molecular weight excluding hydrogens is 384 g/mol. The SMILES string of the molecule is Cc1ccc(C2/C(=C(/O)c3c[nH]c4ccccc34)C(=O)C(=O)N2Cc2ccco2)o1. The Bertz CT molecular complexity index is 1290. The van der Waals surface area contributed by atoms with E-state index in [0.29, 0.717) is 22.8 Å². The average Bonchev–Trinajstić information content (AvgIpc) is 3.52. The van der Waals surface area contributed by atoms with Crippen LogP contribution in [0.4, 0.5) is 0 Å². The Hall–Kier alpha value is -4.00. The van der Waals surface area contributed by atoms with E-state index in [2.05, 4.69) is 4.98 Å². The van der Waals surface area contributed by atoms with Gasteiger partial charge in [-0.25, -0.2) is 0 Å². The molecule has 1 aliphatic rings. The lowest BCUT2D eigenvalue weighted by Crippen LogP contribution is -2.28. The molecule has 1 unspecified atom stereocenters. The van der Waals surface area contributed by atoms with Crippen LogP contribution in [-0.4, -0.2) is 26.7 Å².